The molecule has 1 aromatic rings. The SMILES string of the molecule is O=C1OCCC12OC2c1ccc(Br)cc1. The maximum Gasteiger partial charge on any atom is 0.341 e. The van der Waals surface area contributed by atoms with Gasteiger partial charge >= 0.3 is 5.97 Å². The summed E-state index contributed by atoms with van der Waals surface area (Å²) < 4.78 is 11.5. The average molecular weight is 269 g/mol. The van der Waals surface area contributed by atoms with Crippen molar-refractivity contribution in [2.75, 3.05) is 6.61 Å². The lowest BCUT2D eigenvalue weighted by atomic mass is 9.98. The van der Waals surface area contributed by atoms with Gasteiger partial charge in [0.2, 0.25) is 0 Å². The van der Waals surface area contributed by atoms with Crippen LogP contribution < -0.4 is 0 Å². The van der Waals surface area contributed by atoms with Gasteiger partial charge in [0.15, 0.2) is 5.60 Å². The fourth-order valence-electron chi connectivity index (χ4n) is 2.02. The van der Waals surface area contributed by atoms with Crippen LogP contribution >= 0.6 is 15.9 Å². The maximum absolute atomic E-state index is 11.5. The minimum Gasteiger partial charge on any atom is -0.463 e. The third-order valence-electron chi connectivity index (χ3n) is 2.92. The molecular formula is C11H9BrO3. The first-order chi connectivity index (χ1) is 7.22. The predicted molar refractivity (Wildman–Crippen MR) is 56.3 cm³/mol. The number of hydrogen-bond donors (Lipinski definition) is 0. The molecule has 4 heteroatoms. The Balaban J connectivity index is 1.87. The monoisotopic (exact) mass is 268 g/mol. The molecule has 2 fully saturated rings. The number of benzene rings is 1. The molecule has 0 amide bonds. The van der Waals surface area contributed by atoms with Crippen molar-refractivity contribution in [2.45, 2.75) is 18.1 Å². The van der Waals surface area contributed by atoms with Crippen LogP contribution in [0.5, 0.6) is 0 Å². The molecule has 0 N–H and O–H groups in total. The van der Waals surface area contributed by atoms with E-state index >= 15 is 0 Å². The summed E-state index contributed by atoms with van der Waals surface area (Å²) in [4.78, 5) is 11.5. The molecule has 3 nitrogen and oxygen atoms in total. The molecular weight excluding hydrogens is 260 g/mol. The molecule has 2 saturated heterocycles. The molecule has 0 aromatic heterocycles. The first kappa shape index (κ1) is 9.36. The number of epoxide rings is 1. The van der Waals surface area contributed by atoms with Gasteiger partial charge in [0.25, 0.3) is 0 Å². The zero-order chi connectivity index (χ0) is 10.5. The Morgan fingerprint density at radius 2 is 2.07 bits per heavy atom. The first-order valence-corrected chi connectivity index (χ1v) is 5.62. The van der Waals surface area contributed by atoms with Crippen LogP contribution in [0.2, 0.25) is 0 Å². The molecule has 1 aromatic carbocycles. The molecule has 1 spiro atoms. The van der Waals surface area contributed by atoms with Gasteiger partial charge in [0.1, 0.15) is 6.10 Å². The van der Waals surface area contributed by atoms with Crippen molar-refractivity contribution in [3.63, 3.8) is 0 Å². The Labute approximate surface area is 95.5 Å². The van der Waals surface area contributed by atoms with Crippen LogP contribution in [0.25, 0.3) is 0 Å². The van der Waals surface area contributed by atoms with Gasteiger partial charge in [-0.15, -0.1) is 0 Å². The van der Waals surface area contributed by atoms with Crippen molar-refractivity contribution >= 4 is 21.9 Å². The van der Waals surface area contributed by atoms with Gasteiger partial charge < -0.3 is 9.47 Å². The Morgan fingerprint density at radius 3 is 2.67 bits per heavy atom. The van der Waals surface area contributed by atoms with Gasteiger partial charge in [-0.05, 0) is 17.7 Å². The molecule has 3 rings (SSSR count). The summed E-state index contributed by atoms with van der Waals surface area (Å²) in [6.45, 7) is 0.478. The van der Waals surface area contributed by atoms with E-state index in [0.29, 0.717) is 13.0 Å². The highest BCUT2D eigenvalue weighted by Gasteiger charge is 2.66. The maximum atomic E-state index is 11.5. The molecule has 2 aliphatic rings. The van der Waals surface area contributed by atoms with Crippen molar-refractivity contribution in [3.8, 4) is 0 Å². The molecule has 0 radical (unpaired) electrons. The van der Waals surface area contributed by atoms with Crippen molar-refractivity contribution in [3.05, 3.63) is 34.3 Å². The standard InChI is InChI=1S/C11H9BrO3/c12-8-3-1-7(2-4-8)9-11(15-9)5-6-14-10(11)13/h1-4,9H,5-6H2. The van der Waals surface area contributed by atoms with Crippen molar-refractivity contribution in [2.24, 2.45) is 0 Å². The summed E-state index contributed by atoms with van der Waals surface area (Å²) in [5.41, 5.74) is 0.380. The zero-order valence-corrected chi connectivity index (χ0v) is 9.49. The quantitative estimate of drug-likeness (QED) is 0.579. The van der Waals surface area contributed by atoms with Gasteiger partial charge in [-0.25, -0.2) is 4.79 Å². The van der Waals surface area contributed by atoms with Crippen LogP contribution in [-0.4, -0.2) is 18.2 Å². The minimum atomic E-state index is -0.659. The first-order valence-electron chi connectivity index (χ1n) is 4.83. The van der Waals surface area contributed by atoms with E-state index in [0.717, 1.165) is 10.0 Å². The van der Waals surface area contributed by atoms with Crippen LogP contribution in [0.15, 0.2) is 28.7 Å². The van der Waals surface area contributed by atoms with E-state index in [1.807, 2.05) is 24.3 Å². The molecule has 0 aliphatic carbocycles. The molecule has 2 unspecified atom stereocenters. The van der Waals surface area contributed by atoms with E-state index in [1.54, 1.807) is 0 Å². The summed E-state index contributed by atoms with van der Waals surface area (Å²) in [6.07, 6.45) is 0.563. The summed E-state index contributed by atoms with van der Waals surface area (Å²) in [7, 11) is 0. The highest BCUT2D eigenvalue weighted by Crippen LogP contribution is 2.55. The Morgan fingerprint density at radius 1 is 1.33 bits per heavy atom. The highest BCUT2D eigenvalue weighted by atomic mass is 79.9. The lowest BCUT2D eigenvalue weighted by molar-refractivity contribution is -0.142. The van der Waals surface area contributed by atoms with Crippen LogP contribution in [-0.2, 0) is 14.3 Å². The lowest BCUT2D eigenvalue weighted by Gasteiger charge is -1.98. The van der Waals surface area contributed by atoms with Gasteiger partial charge in [0, 0.05) is 10.9 Å². The number of cyclic esters (lactones) is 1. The largest absolute Gasteiger partial charge is 0.463 e. The molecule has 2 atom stereocenters. The number of halogens is 1. The van der Waals surface area contributed by atoms with Crippen molar-refractivity contribution < 1.29 is 14.3 Å². The molecule has 2 heterocycles. The summed E-state index contributed by atoms with van der Waals surface area (Å²) >= 11 is 3.37. The van der Waals surface area contributed by atoms with Crippen molar-refractivity contribution in [1.29, 1.82) is 0 Å². The fourth-order valence-corrected chi connectivity index (χ4v) is 2.28. The smallest absolute Gasteiger partial charge is 0.341 e. The van der Waals surface area contributed by atoms with E-state index in [1.165, 1.54) is 0 Å². The Hall–Kier alpha value is -0.870. The summed E-state index contributed by atoms with van der Waals surface area (Å²) in [5.74, 6) is -0.213. The third-order valence-corrected chi connectivity index (χ3v) is 3.45. The van der Waals surface area contributed by atoms with E-state index in [-0.39, 0.29) is 12.1 Å². The topological polar surface area (TPSA) is 38.8 Å². The third kappa shape index (κ3) is 1.32. The Bertz CT molecular complexity index is 414. The zero-order valence-electron chi connectivity index (χ0n) is 7.90. The number of hydrogen-bond acceptors (Lipinski definition) is 3. The minimum absolute atomic E-state index is 0.111. The van der Waals surface area contributed by atoms with Crippen LogP contribution in [0, 0.1) is 0 Å². The van der Waals surface area contributed by atoms with Crippen LogP contribution in [0.1, 0.15) is 18.1 Å². The summed E-state index contributed by atoms with van der Waals surface area (Å²) in [6, 6.07) is 7.83. The van der Waals surface area contributed by atoms with E-state index in [2.05, 4.69) is 15.9 Å². The highest BCUT2D eigenvalue weighted by molar-refractivity contribution is 9.10. The Kier molecular flexibility index (Phi) is 1.91. The van der Waals surface area contributed by atoms with Gasteiger partial charge in [0.05, 0.1) is 6.61 Å². The van der Waals surface area contributed by atoms with Gasteiger partial charge in [-0.1, -0.05) is 28.1 Å². The molecule has 15 heavy (non-hydrogen) atoms. The fraction of sp³-hybridized carbons (Fsp3) is 0.364. The second-order valence-corrected chi connectivity index (χ2v) is 4.74. The average Bonchev–Trinajstić information content (AvgIpc) is 2.84. The molecule has 2 aliphatic heterocycles. The number of esters is 1. The normalized spacial score (nSPS) is 33.1. The molecule has 78 valence electrons. The number of carbonyl (C=O) groups excluding carboxylic acids is 1. The number of carbonyl (C=O) groups is 1. The lowest BCUT2D eigenvalue weighted by Crippen LogP contribution is -2.18. The van der Waals surface area contributed by atoms with E-state index in [9.17, 15) is 4.79 Å². The molecule has 0 bridgehead atoms. The number of rotatable bonds is 1. The second kappa shape index (κ2) is 3.06. The van der Waals surface area contributed by atoms with Crippen LogP contribution in [0.4, 0.5) is 0 Å². The van der Waals surface area contributed by atoms with E-state index in [4.69, 9.17) is 9.47 Å². The number of ether oxygens (including phenoxy) is 2. The van der Waals surface area contributed by atoms with E-state index < -0.39 is 5.60 Å². The van der Waals surface area contributed by atoms with Crippen molar-refractivity contribution in [1.82, 2.24) is 0 Å². The summed E-state index contributed by atoms with van der Waals surface area (Å²) in [5, 5.41) is 0. The van der Waals surface area contributed by atoms with Crippen LogP contribution in [0.3, 0.4) is 0 Å². The van der Waals surface area contributed by atoms with Gasteiger partial charge in [-0.2, -0.15) is 0 Å². The van der Waals surface area contributed by atoms with Gasteiger partial charge in [-0.3, -0.25) is 0 Å². The molecule has 0 saturated carbocycles. The second-order valence-electron chi connectivity index (χ2n) is 3.82. The predicted octanol–water partition coefficient (Wildman–Crippen LogP) is 2.21.